The summed E-state index contributed by atoms with van der Waals surface area (Å²) in [7, 11) is 1.67. The molecule has 1 fully saturated rings. The molecule has 0 spiro atoms. The van der Waals surface area contributed by atoms with Gasteiger partial charge in [0.25, 0.3) is 0 Å². The van der Waals surface area contributed by atoms with Gasteiger partial charge in [-0.05, 0) is 42.5 Å². The lowest BCUT2D eigenvalue weighted by Crippen LogP contribution is -2.59. The number of rotatable bonds is 12. The van der Waals surface area contributed by atoms with Crippen molar-refractivity contribution >= 4 is 44.3 Å². The smallest absolute Gasteiger partial charge is 0.317 e. The van der Waals surface area contributed by atoms with Crippen molar-refractivity contribution in [3.05, 3.63) is 0 Å². The van der Waals surface area contributed by atoms with E-state index in [1.165, 1.54) is 0 Å². The van der Waals surface area contributed by atoms with Crippen molar-refractivity contribution in [2.24, 2.45) is 0 Å². The lowest BCUT2D eigenvalue weighted by Gasteiger charge is -2.44. The predicted octanol–water partition coefficient (Wildman–Crippen LogP) is 0.0504. The molecular formula is C17H28IN3O7. The first kappa shape index (κ1) is 24.7. The van der Waals surface area contributed by atoms with Crippen LogP contribution < -0.4 is 0 Å². The molecule has 1 rings (SSSR count). The number of halogens is 1. The first-order valence-electron chi connectivity index (χ1n) is 9.04. The topological polar surface area (TPSA) is 139 Å². The minimum absolute atomic E-state index is 0.0476. The quantitative estimate of drug-likeness (QED) is 0.186. The second-order valence-corrected chi connectivity index (χ2v) is 8.45. The molecule has 0 radical (unpaired) electrons. The van der Waals surface area contributed by atoms with E-state index in [9.17, 15) is 34.5 Å². The summed E-state index contributed by atoms with van der Waals surface area (Å²) >= 11 is 1.73. The maximum atomic E-state index is 11.3. The molecule has 0 saturated carbocycles. The van der Waals surface area contributed by atoms with Crippen LogP contribution in [0.2, 0.25) is 0 Å². The molecule has 160 valence electrons. The number of hydrogen-bond donors (Lipinski definition) is 3. The van der Waals surface area contributed by atoms with E-state index in [4.69, 9.17) is 0 Å². The lowest BCUT2D eigenvalue weighted by molar-refractivity contribution is -0.142. The zero-order valence-corrected chi connectivity index (χ0v) is 18.1. The van der Waals surface area contributed by atoms with Crippen LogP contribution in [-0.2, 0) is 19.2 Å². The van der Waals surface area contributed by atoms with Gasteiger partial charge in [0.05, 0.1) is 19.6 Å². The Morgan fingerprint density at radius 1 is 0.929 bits per heavy atom. The van der Waals surface area contributed by atoms with Crippen molar-refractivity contribution in [3.8, 4) is 0 Å². The summed E-state index contributed by atoms with van der Waals surface area (Å²) in [5.41, 5.74) is -0.728. The molecule has 1 saturated heterocycles. The number of carboxylic acid groups (broad SMARTS) is 3. The van der Waals surface area contributed by atoms with E-state index < -0.39 is 23.4 Å². The van der Waals surface area contributed by atoms with Gasteiger partial charge in [0.15, 0.2) is 3.79 Å². The molecule has 0 amide bonds. The van der Waals surface area contributed by atoms with Crippen LogP contribution in [0.1, 0.15) is 25.7 Å². The van der Waals surface area contributed by atoms with Crippen LogP contribution in [0.15, 0.2) is 0 Å². The highest BCUT2D eigenvalue weighted by molar-refractivity contribution is 14.1. The van der Waals surface area contributed by atoms with Gasteiger partial charge in [-0.2, -0.15) is 0 Å². The van der Waals surface area contributed by atoms with Crippen molar-refractivity contribution in [1.29, 1.82) is 0 Å². The lowest BCUT2D eigenvalue weighted by atomic mass is 9.89. The van der Waals surface area contributed by atoms with Gasteiger partial charge < -0.3 is 15.3 Å². The summed E-state index contributed by atoms with van der Waals surface area (Å²) in [5.74, 6) is -2.99. The fraction of sp³-hybridized carbons (Fsp3) is 0.765. The van der Waals surface area contributed by atoms with Crippen LogP contribution in [-0.4, -0.2) is 110 Å². The summed E-state index contributed by atoms with van der Waals surface area (Å²) in [4.78, 5) is 50.1. The zero-order valence-electron chi connectivity index (χ0n) is 16.0. The van der Waals surface area contributed by atoms with E-state index >= 15 is 0 Å². The number of hydrogen-bond acceptors (Lipinski definition) is 7. The fourth-order valence-electron chi connectivity index (χ4n) is 3.65. The SMILES string of the molecule is CN(CC(=O)O)C1(CCCCC(=O)I)CN(CC(=O)O)CCN(CC(=O)O)C1. The number of unbranched alkanes of at least 4 members (excludes halogenated alkanes) is 1. The first-order valence-corrected chi connectivity index (χ1v) is 10.1. The van der Waals surface area contributed by atoms with E-state index in [-0.39, 0.29) is 23.4 Å². The van der Waals surface area contributed by atoms with Crippen LogP contribution in [0.3, 0.4) is 0 Å². The third-order valence-corrected chi connectivity index (χ3v) is 5.47. The molecule has 1 aliphatic rings. The molecule has 10 nitrogen and oxygen atoms in total. The largest absolute Gasteiger partial charge is 0.480 e. The van der Waals surface area contributed by atoms with E-state index in [0.29, 0.717) is 51.9 Å². The van der Waals surface area contributed by atoms with Gasteiger partial charge in [-0.15, -0.1) is 0 Å². The maximum absolute atomic E-state index is 11.3. The Kier molecular flexibility index (Phi) is 10.3. The molecule has 1 heterocycles. The van der Waals surface area contributed by atoms with Crippen LogP contribution in [0.5, 0.6) is 0 Å². The summed E-state index contributed by atoms with van der Waals surface area (Å²) in [5, 5.41) is 27.7. The Labute approximate surface area is 177 Å². The van der Waals surface area contributed by atoms with E-state index in [1.54, 1.807) is 44.3 Å². The Balaban J connectivity index is 3.11. The van der Waals surface area contributed by atoms with Gasteiger partial charge in [-0.25, -0.2) is 0 Å². The maximum Gasteiger partial charge on any atom is 0.317 e. The van der Waals surface area contributed by atoms with Gasteiger partial charge >= 0.3 is 17.9 Å². The first-order chi connectivity index (χ1) is 13.0. The van der Waals surface area contributed by atoms with Crippen LogP contribution >= 0.6 is 22.6 Å². The minimum atomic E-state index is -1.01. The van der Waals surface area contributed by atoms with E-state index in [0.717, 1.165) is 0 Å². The van der Waals surface area contributed by atoms with Crippen molar-refractivity contribution in [1.82, 2.24) is 14.7 Å². The summed E-state index contributed by atoms with van der Waals surface area (Å²) in [6.07, 6.45) is 2.24. The molecular weight excluding hydrogens is 485 g/mol. The highest BCUT2D eigenvalue weighted by Crippen LogP contribution is 2.27. The number of likely N-dealkylation sites (N-methyl/N-ethyl adjacent to an activating group) is 1. The van der Waals surface area contributed by atoms with Gasteiger partial charge in [-0.3, -0.25) is 33.9 Å². The normalized spacial score (nSPS) is 18.0. The number of aliphatic carboxylic acids is 3. The minimum Gasteiger partial charge on any atom is -0.480 e. The molecule has 0 aromatic rings. The van der Waals surface area contributed by atoms with Gasteiger partial charge in [0.2, 0.25) is 0 Å². The molecule has 0 unspecified atom stereocenters. The molecule has 11 heteroatoms. The summed E-state index contributed by atoms with van der Waals surface area (Å²) < 4.78 is 0.0476. The van der Waals surface area contributed by atoms with Crippen molar-refractivity contribution in [2.75, 3.05) is 52.9 Å². The summed E-state index contributed by atoms with van der Waals surface area (Å²) in [6, 6.07) is 0. The third-order valence-electron chi connectivity index (χ3n) is 4.93. The standard InChI is InChI=1S/C17H28IN3O7/c1-19(8-14(23)24)17(5-3-2-4-13(18)22)11-20(9-15(25)26)6-7-21(12-17)10-16(27)28/h2-12H2,1H3,(H,23,24)(H,25,26)(H,27,28). The molecule has 0 aromatic carbocycles. The fourth-order valence-corrected chi connectivity index (χ4v) is 4.04. The zero-order chi connectivity index (χ0) is 21.3. The Morgan fingerprint density at radius 3 is 1.82 bits per heavy atom. The van der Waals surface area contributed by atoms with E-state index in [2.05, 4.69) is 0 Å². The molecule has 3 N–H and O–H groups in total. The monoisotopic (exact) mass is 513 g/mol. The highest BCUT2D eigenvalue weighted by atomic mass is 127. The van der Waals surface area contributed by atoms with Crippen molar-refractivity contribution < 1.29 is 34.5 Å². The predicted molar refractivity (Wildman–Crippen MR) is 109 cm³/mol. The third kappa shape index (κ3) is 8.80. The second-order valence-electron chi connectivity index (χ2n) is 7.25. The molecule has 28 heavy (non-hydrogen) atoms. The van der Waals surface area contributed by atoms with Gasteiger partial charge in [0, 0.05) is 38.1 Å². The van der Waals surface area contributed by atoms with E-state index in [1.807, 2.05) is 0 Å². The molecule has 0 atom stereocenters. The average molecular weight is 513 g/mol. The Hall–Kier alpha value is -1.31. The van der Waals surface area contributed by atoms with Gasteiger partial charge in [-0.1, -0.05) is 6.42 Å². The number of carboxylic acids is 3. The summed E-state index contributed by atoms with van der Waals surface area (Å²) in [6.45, 7) is 0.760. The number of nitrogens with zero attached hydrogens (tertiary/aromatic N) is 3. The highest BCUT2D eigenvalue weighted by Gasteiger charge is 2.41. The van der Waals surface area contributed by atoms with Crippen LogP contribution in [0.25, 0.3) is 0 Å². The molecule has 1 aliphatic heterocycles. The molecule has 0 aromatic heterocycles. The number of carbonyl (C=O) groups is 4. The molecule has 0 bridgehead atoms. The van der Waals surface area contributed by atoms with Gasteiger partial charge in [0.1, 0.15) is 0 Å². The average Bonchev–Trinajstić information content (AvgIpc) is 2.70. The Morgan fingerprint density at radius 2 is 1.43 bits per heavy atom. The van der Waals surface area contributed by atoms with Crippen LogP contribution in [0, 0.1) is 0 Å². The van der Waals surface area contributed by atoms with Crippen molar-refractivity contribution in [3.63, 3.8) is 0 Å². The van der Waals surface area contributed by atoms with Crippen LogP contribution in [0.4, 0.5) is 0 Å². The number of carbonyl (C=O) groups excluding carboxylic acids is 1. The van der Waals surface area contributed by atoms with Crippen molar-refractivity contribution in [2.45, 2.75) is 31.2 Å². The Bertz CT molecular complexity index is 561. The molecule has 0 aliphatic carbocycles. The second kappa shape index (κ2) is 11.6.